The molecule has 1 fully saturated rings. The number of carbonyl (C=O) groups is 1. The smallest absolute Gasteiger partial charge is 0.239 e. The maximum atomic E-state index is 11.6. The van der Waals surface area contributed by atoms with Crippen LogP contribution in [0.1, 0.15) is 19.8 Å². The molecule has 1 unspecified atom stereocenters. The van der Waals surface area contributed by atoms with E-state index in [0.29, 0.717) is 5.75 Å². The lowest BCUT2D eigenvalue weighted by Crippen LogP contribution is -2.32. The van der Waals surface area contributed by atoms with Crippen molar-refractivity contribution in [3.63, 3.8) is 0 Å². The Kier molecular flexibility index (Phi) is 3.02. The van der Waals surface area contributed by atoms with Gasteiger partial charge in [0, 0.05) is 0 Å². The van der Waals surface area contributed by atoms with Crippen molar-refractivity contribution in [3.05, 3.63) is 5.51 Å². The second-order valence-electron chi connectivity index (χ2n) is 3.04. The third-order valence-corrected chi connectivity index (χ3v) is 3.98. The summed E-state index contributed by atoms with van der Waals surface area (Å²) in [5.41, 5.74) is 1.66. The molecule has 0 aromatic carbocycles. The summed E-state index contributed by atoms with van der Waals surface area (Å²) in [4.78, 5) is 13.4. The second kappa shape index (κ2) is 4.27. The van der Waals surface area contributed by atoms with E-state index >= 15 is 0 Å². The average Bonchev–Trinajstić information content (AvgIpc) is 2.76. The maximum Gasteiger partial charge on any atom is 0.239 e. The monoisotopic (exact) mass is 229 g/mol. The van der Waals surface area contributed by atoms with Crippen LogP contribution in [0.15, 0.2) is 5.51 Å². The number of hydrogen-bond donors (Lipinski definition) is 0. The summed E-state index contributed by atoms with van der Waals surface area (Å²) in [6, 6.07) is 0. The Morgan fingerprint density at radius 2 is 2.57 bits per heavy atom. The molecule has 1 aromatic heterocycles. The molecular formula is C8H11N3OS2. The standard InChI is InChI=1S/C8H11N3OS2/c1-2-3-7-11(6(12)4-13-7)8-10-9-5-14-8/h5,7H,2-4H2,1H3. The van der Waals surface area contributed by atoms with Crippen molar-refractivity contribution in [3.8, 4) is 0 Å². The fourth-order valence-corrected chi connectivity index (χ4v) is 3.37. The first-order chi connectivity index (χ1) is 6.83. The Morgan fingerprint density at radius 1 is 1.71 bits per heavy atom. The van der Waals surface area contributed by atoms with Crippen LogP contribution in [0.5, 0.6) is 0 Å². The van der Waals surface area contributed by atoms with E-state index in [2.05, 4.69) is 17.1 Å². The molecule has 76 valence electrons. The summed E-state index contributed by atoms with van der Waals surface area (Å²) in [5.74, 6) is 0.731. The molecule has 2 heterocycles. The van der Waals surface area contributed by atoms with Crippen molar-refractivity contribution < 1.29 is 4.79 Å². The molecular weight excluding hydrogens is 218 g/mol. The lowest BCUT2D eigenvalue weighted by atomic mass is 10.3. The number of hydrogen-bond acceptors (Lipinski definition) is 5. The largest absolute Gasteiger partial charge is 0.273 e. The number of thioether (sulfide) groups is 1. The normalized spacial score (nSPS) is 21.9. The highest BCUT2D eigenvalue weighted by Crippen LogP contribution is 2.33. The number of aromatic nitrogens is 2. The first-order valence-electron chi connectivity index (χ1n) is 4.52. The molecule has 1 aromatic rings. The second-order valence-corrected chi connectivity index (χ2v) is 5.02. The Bertz CT molecular complexity index is 314. The van der Waals surface area contributed by atoms with Crippen LogP contribution in [0.3, 0.4) is 0 Å². The molecule has 6 heteroatoms. The van der Waals surface area contributed by atoms with Crippen LogP contribution in [0.25, 0.3) is 0 Å². The van der Waals surface area contributed by atoms with Gasteiger partial charge in [-0.2, -0.15) is 0 Å². The zero-order valence-electron chi connectivity index (χ0n) is 7.84. The van der Waals surface area contributed by atoms with E-state index in [9.17, 15) is 4.79 Å². The predicted molar refractivity (Wildman–Crippen MR) is 58.5 cm³/mol. The lowest BCUT2D eigenvalue weighted by Gasteiger charge is -2.19. The Morgan fingerprint density at radius 3 is 3.21 bits per heavy atom. The van der Waals surface area contributed by atoms with Crippen LogP contribution in [0, 0.1) is 0 Å². The van der Waals surface area contributed by atoms with Crippen molar-refractivity contribution in [1.82, 2.24) is 10.2 Å². The Balaban J connectivity index is 2.17. The molecule has 1 atom stereocenters. The van der Waals surface area contributed by atoms with E-state index in [1.807, 2.05) is 0 Å². The number of carbonyl (C=O) groups excluding carboxylic acids is 1. The fraction of sp³-hybridized carbons (Fsp3) is 0.625. The van der Waals surface area contributed by atoms with Crippen LogP contribution in [0.2, 0.25) is 0 Å². The highest BCUT2D eigenvalue weighted by atomic mass is 32.2. The molecule has 2 rings (SSSR count). The van der Waals surface area contributed by atoms with Gasteiger partial charge in [0.1, 0.15) is 5.51 Å². The lowest BCUT2D eigenvalue weighted by molar-refractivity contribution is -0.115. The maximum absolute atomic E-state index is 11.6. The number of amides is 1. The van der Waals surface area contributed by atoms with Gasteiger partial charge in [0.15, 0.2) is 0 Å². The molecule has 1 amide bonds. The van der Waals surface area contributed by atoms with Gasteiger partial charge in [0.05, 0.1) is 11.1 Å². The van der Waals surface area contributed by atoms with Crippen molar-refractivity contribution in [2.75, 3.05) is 10.7 Å². The zero-order valence-corrected chi connectivity index (χ0v) is 9.48. The summed E-state index contributed by atoms with van der Waals surface area (Å²) < 4.78 is 0. The van der Waals surface area contributed by atoms with Crippen LogP contribution >= 0.6 is 23.1 Å². The molecule has 4 nitrogen and oxygen atoms in total. The van der Waals surface area contributed by atoms with E-state index < -0.39 is 0 Å². The van der Waals surface area contributed by atoms with E-state index in [0.717, 1.165) is 18.0 Å². The van der Waals surface area contributed by atoms with Crippen LogP contribution in [-0.4, -0.2) is 27.2 Å². The zero-order chi connectivity index (χ0) is 9.97. The van der Waals surface area contributed by atoms with Crippen LogP contribution < -0.4 is 4.90 Å². The van der Waals surface area contributed by atoms with Gasteiger partial charge < -0.3 is 0 Å². The van der Waals surface area contributed by atoms with Gasteiger partial charge in [-0.05, 0) is 6.42 Å². The number of rotatable bonds is 3. The summed E-state index contributed by atoms with van der Waals surface area (Å²) >= 11 is 3.12. The SMILES string of the molecule is CCCC1SCC(=O)N1c1nncs1. The highest BCUT2D eigenvalue weighted by molar-refractivity contribution is 8.01. The van der Waals surface area contributed by atoms with Crippen LogP contribution in [-0.2, 0) is 4.79 Å². The molecule has 1 saturated heterocycles. The minimum Gasteiger partial charge on any atom is -0.273 e. The molecule has 0 saturated carbocycles. The molecule has 1 aliphatic heterocycles. The van der Waals surface area contributed by atoms with Gasteiger partial charge >= 0.3 is 0 Å². The molecule has 0 N–H and O–H groups in total. The van der Waals surface area contributed by atoms with Crippen molar-refractivity contribution in [2.24, 2.45) is 0 Å². The van der Waals surface area contributed by atoms with Gasteiger partial charge in [0.2, 0.25) is 11.0 Å². The third-order valence-electron chi connectivity index (χ3n) is 2.05. The minimum atomic E-state index is 0.158. The summed E-state index contributed by atoms with van der Waals surface area (Å²) in [7, 11) is 0. The van der Waals surface area contributed by atoms with E-state index in [1.54, 1.807) is 22.2 Å². The third kappa shape index (κ3) is 1.76. The first kappa shape index (κ1) is 9.92. The Labute approximate surface area is 90.7 Å². The topological polar surface area (TPSA) is 46.1 Å². The highest BCUT2D eigenvalue weighted by Gasteiger charge is 2.33. The van der Waals surface area contributed by atoms with Gasteiger partial charge in [0.25, 0.3) is 0 Å². The molecule has 0 spiro atoms. The summed E-state index contributed by atoms with van der Waals surface area (Å²) in [6.45, 7) is 2.13. The quantitative estimate of drug-likeness (QED) is 0.792. The van der Waals surface area contributed by atoms with Crippen LogP contribution in [0.4, 0.5) is 5.13 Å². The van der Waals surface area contributed by atoms with Gasteiger partial charge in [-0.3, -0.25) is 9.69 Å². The van der Waals surface area contributed by atoms with E-state index in [1.165, 1.54) is 11.3 Å². The molecule has 0 aliphatic carbocycles. The summed E-state index contributed by atoms with van der Waals surface area (Å²) in [6.07, 6.45) is 2.11. The minimum absolute atomic E-state index is 0.158. The first-order valence-corrected chi connectivity index (χ1v) is 6.45. The van der Waals surface area contributed by atoms with Gasteiger partial charge in [-0.1, -0.05) is 24.7 Å². The number of nitrogens with zero attached hydrogens (tertiary/aromatic N) is 3. The molecule has 0 bridgehead atoms. The van der Waals surface area contributed by atoms with E-state index in [4.69, 9.17) is 0 Å². The fourth-order valence-electron chi connectivity index (χ4n) is 1.43. The predicted octanol–water partition coefficient (Wildman–Crippen LogP) is 1.74. The van der Waals surface area contributed by atoms with Crippen molar-refractivity contribution in [1.29, 1.82) is 0 Å². The summed E-state index contributed by atoms with van der Waals surface area (Å²) in [5, 5.41) is 8.70. The van der Waals surface area contributed by atoms with Crippen molar-refractivity contribution >= 4 is 34.1 Å². The van der Waals surface area contributed by atoms with Gasteiger partial charge in [-0.15, -0.1) is 22.0 Å². The van der Waals surface area contributed by atoms with Crippen molar-refractivity contribution in [2.45, 2.75) is 25.1 Å². The molecule has 1 aliphatic rings. The Hall–Kier alpha value is -0.620. The van der Waals surface area contributed by atoms with E-state index in [-0.39, 0.29) is 11.3 Å². The molecule has 14 heavy (non-hydrogen) atoms. The molecule has 0 radical (unpaired) electrons. The number of anilines is 1. The van der Waals surface area contributed by atoms with Gasteiger partial charge in [-0.25, -0.2) is 0 Å². The average molecular weight is 229 g/mol.